The molecular weight excluding hydrogens is 238 g/mol. The smallest absolute Gasteiger partial charge is 0.227 e. The van der Waals surface area contributed by atoms with E-state index in [0.29, 0.717) is 5.69 Å². The van der Waals surface area contributed by atoms with E-state index < -0.39 is 6.17 Å². The van der Waals surface area contributed by atoms with Crippen LogP contribution in [-0.4, -0.2) is 16.7 Å². The van der Waals surface area contributed by atoms with Crippen LogP contribution in [0.15, 0.2) is 23.1 Å². The lowest BCUT2D eigenvalue weighted by Gasteiger charge is -2.24. The number of hydrogen-bond donors (Lipinski definition) is 2. The number of fused-ring (bicyclic) bond motifs is 1. The van der Waals surface area contributed by atoms with Gasteiger partial charge in [-0.3, -0.25) is 14.5 Å². The van der Waals surface area contributed by atoms with Crippen molar-refractivity contribution in [1.29, 1.82) is 0 Å². The number of carbonyl (C=O) groups is 2. The Kier molecular flexibility index (Phi) is 3.08. The monoisotopic (exact) mass is 251 g/mol. The van der Waals surface area contributed by atoms with Gasteiger partial charge < -0.3 is 5.73 Å². The number of nitrogens with two attached hydrogens (primary N) is 1. The van der Waals surface area contributed by atoms with E-state index in [2.05, 4.69) is 4.72 Å². The zero-order valence-electron chi connectivity index (χ0n) is 9.56. The van der Waals surface area contributed by atoms with Gasteiger partial charge in [0.1, 0.15) is 6.17 Å². The average molecular weight is 251 g/mol. The highest BCUT2D eigenvalue weighted by molar-refractivity contribution is 7.97. The Morgan fingerprint density at radius 3 is 2.59 bits per heavy atom. The van der Waals surface area contributed by atoms with Crippen LogP contribution in [0.4, 0.5) is 5.69 Å². The Balaban J connectivity index is 2.41. The van der Waals surface area contributed by atoms with Gasteiger partial charge in [-0.1, -0.05) is 0 Å². The molecule has 1 unspecified atom stereocenters. The third-order valence-electron chi connectivity index (χ3n) is 2.55. The summed E-state index contributed by atoms with van der Waals surface area (Å²) in [5, 5.41) is 0. The molecule has 6 heteroatoms. The van der Waals surface area contributed by atoms with Crippen molar-refractivity contribution in [1.82, 2.24) is 9.62 Å². The zero-order valence-corrected chi connectivity index (χ0v) is 10.4. The summed E-state index contributed by atoms with van der Waals surface area (Å²) in [4.78, 5) is 25.2. The molecule has 1 heterocycles. The van der Waals surface area contributed by atoms with Crippen molar-refractivity contribution in [3.05, 3.63) is 23.8 Å². The number of anilines is 1. The van der Waals surface area contributed by atoms with Crippen LogP contribution >= 0.6 is 11.9 Å². The molecule has 0 spiro atoms. The maximum absolute atomic E-state index is 11.5. The Labute approximate surface area is 103 Å². The summed E-state index contributed by atoms with van der Waals surface area (Å²) in [6.07, 6.45) is -0.437. The van der Waals surface area contributed by atoms with Gasteiger partial charge in [-0.15, -0.1) is 0 Å². The minimum atomic E-state index is -0.437. The summed E-state index contributed by atoms with van der Waals surface area (Å²) in [5.74, 6) is -0.572. The molecule has 17 heavy (non-hydrogen) atoms. The molecule has 0 fully saturated rings. The number of hydrogen-bond acceptors (Lipinski definition) is 5. The van der Waals surface area contributed by atoms with Gasteiger partial charge in [0.25, 0.3) is 0 Å². The summed E-state index contributed by atoms with van der Waals surface area (Å²) in [7, 11) is 0. The van der Waals surface area contributed by atoms with Gasteiger partial charge in [0.2, 0.25) is 11.8 Å². The third kappa shape index (κ3) is 2.13. The molecule has 1 aliphatic rings. The van der Waals surface area contributed by atoms with Gasteiger partial charge in [-0.2, -0.15) is 0 Å². The lowest BCUT2D eigenvalue weighted by atomic mass is 10.1. The van der Waals surface area contributed by atoms with Gasteiger partial charge in [-0.05, 0) is 30.1 Å². The van der Waals surface area contributed by atoms with Crippen LogP contribution in [0.25, 0.3) is 0 Å². The van der Waals surface area contributed by atoms with Crippen molar-refractivity contribution in [2.75, 3.05) is 5.73 Å². The molecule has 0 bridgehead atoms. The molecule has 90 valence electrons. The number of rotatable bonds is 1. The van der Waals surface area contributed by atoms with E-state index in [4.69, 9.17) is 5.73 Å². The van der Waals surface area contributed by atoms with Crippen molar-refractivity contribution in [2.45, 2.75) is 24.9 Å². The molecule has 0 radical (unpaired) electrons. The standard InChI is InChI=1S/C11H13N3O2S/c1-6(15)14(7(2)16)11-9-5-8(12)3-4-10(9)17-13-11/h3-5,11,13H,12H2,1-2H3. The number of benzene rings is 1. The molecule has 5 nitrogen and oxygen atoms in total. The van der Waals surface area contributed by atoms with E-state index in [1.165, 1.54) is 30.7 Å². The molecule has 1 atom stereocenters. The van der Waals surface area contributed by atoms with Crippen molar-refractivity contribution in [3.8, 4) is 0 Å². The van der Waals surface area contributed by atoms with Crippen molar-refractivity contribution >= 4 is 29.4 Å². The Morgan fingerprint density at radius 2 is 2.00 bits per heavy atom. The zero-order chi connectivity index (χ0) is 12.6. The van der Waals surface area contributed by atoms with Gasteiger partial charge in [0, 0.05) is 30.0 Å². The molecule has 3 N–H and O–H groups in total. The highest BCUT2D eigenvalue weighted by atomic mass is 32.2. The first-order valence-corrected chi connectivity index (χ1v) is 5.94. The normalized spacial score (nSPS) is 17.6. The van der Waals surface area contributed by atoms with E-state index in [-0.39, 0.29) is 11.8 Å². The van der Waals surface area contributed by atoms with Crippen LogP contribution in [0, 0.1) is 0 Å². The molecule has 0 saturated carbocycles. The highest BCUT2D eigenvalue weighted by Crippen LogP contribution is 2.38. The number of nitrogens with one attached hydrogen (secondary N) is 1. The largest absolute Gasteiger partial charge is 0.399 e. The van der Waals surface area contributed by atoms with E-state index in [9.17, 15) is 9.59 Å². The first-order valence-electron chi connectivity index (χ1n) is 5.13. The predicted octanol–water partition coefficient (Wildman–Crippen LogP) is 1.27. The molecule has 1 aromatic carbocycles. The number of nitrogens with zero attached hydrogens (tertiary/aromatic N) is 1. The second-order valence-electron chi connectivity index (χ2n) is 3.83. The van der Waals surface area contributed by atoms with Gasteiger partial charge in [0.05, 0.1) is 0 Å². The van der Waals surface area contributed by atoms with Crippen LogP contribution in [0.3, 0.4) is 0 Å². The van der Waals surface area contributed by atoms with E-state index in [1.807, 2.05) is 6.07 Å². The SMILES string of the molecule is CC(=O)N(C(C)=O)C1NSc2ccc(N)cc21. The Bertz CT molecular complexity index is 476. The first-order chi connectivity index (χ1) is 8.00. The molecule has 0 aliphatic carbocycles. The van der Waals surface area contributed by atoms with Crippen LogP contribution < -0.4 is 10.5 Å². The number of imide groups is 1. The van der Waals surface area contributed by atoms with Crippen molar-refractivity contribution < 1.29 is 9.59 Å². The molecule has 2 amide bonds. The summed E-state index contributed by atoms with van der Waals surface area (Å²) in [6.45, 7) is 2.75. The lowest BCUT2D eigenvalue weighted by molar-refractivity contribution is -0.145. The summed E-state index contributed by atoms with van der Waals surface area (Å²) >= 11 is 1.40. The third-order valence-corrected chi connectivity index (χ3v) is 3.48. The lowest BCUT2D eigenvalue weighted by Crippen LogP contribution is -2.40. The van der Waals surface area contributed by atoms with Crippen LogP contribution in [0.2, 0.25) is 0 Å². The number of amides is 2. The second-order valence-corrected chi connectivity index (χ2v) is 4.71. The fourth-order valence-electron chi connectivity index (χ4n) is 1.83. The molecule has 1 aromatic rings. The molecule has 0 aromatic heterocycles. The van der Waals surface area contributed by atoms with Crippen molar-refractivity contribution in [3.63, 3.8) is 0 Å². The first kappa shape index (κ1) is 11.9. The summed E-state index contributed by atoms with van der Waals surface area (Å²) in [6, 6.07) is 5.45. The van der Waals surface area contributed by atoms with E-state index in [0.717, 1.165) is 10.5 Å². The quantitative estimate of drug-likeness (QED) is 0.581. The maximum Gasteiger partial charge on any atom is 0.227 e. The van der Waals surface area contributed by atoms with Gasteiger partial charge in [-0.25, -0.2) is 4.72 Å². The fourth-order valence-corrected chi connectivity index (χ4v) is 2.73. The topological polar surface area (TPSA) is 75.4 Å². The summed E-state index contributed by atoms with van der Waals surface area (Å²) in [5.41, 5.74) is 7.20. The van der Waals surface area contributed by atoms with Crippen molar-refractivity contribution in [2.24, 2.45) is 0 Å². The van der Waals surface area contributed by atoms with Gasteiger partial charge in [0.15, 0.2) is 0 Å². The Morgan fingerprint density at radius 1 is 1.35 bits per heavy atom. The van der Waals surface area contributed by atoms with Crippen LogP contribution in [0.5, 0.6) is 0 Å². The molecule has 0 saturated heterocycles. The molecule has 2 rings (SSSR count). The average Bonchev–Trinajstić information content (AvgIpc) is 2.60. The highest BCUT2D eigenvalue weighted by Gasteiger charge is 2.32. The van der Waals surface area contributed by atoms with Gasteiger partial charge >= 0.3 is 0 Å². The number of carbonyl (C=O) groups excluding carboxylic acids is 2. The summed E-state index contributed by atoms with van der Waals surface area (Å²) < 4.78 is 3.06. The minimum absolute atomic E-state index is 0.286. The van der Waals surface area contributed by atoms with Crippen LogP contribution in [0.1, 0.15) is 25.6 Å². The fraction of sp³-hybridized carbons (Fsp3) is 0.273. The minimum Gasteiger partial charge on any atom is -0.399 e. The van der Waals surface area contributed by atoms with Crippen LogP contribution in [-0.2, 0) is 9.59 Å². The van der Waals surface area contributed by atoms with E-state index >= 15 is 0 Å². The molecular formula is C11H13N3O2S. The molecule has 1 aliphatic heterocycles. The number of nitrogen functional groups attached to an aromatic ring is 1. The van der Waals surface area contributed by atoms with E-state index in [1.54, 1.807) is 12.1 Å². The second kappa shape index (κ2) is 4.38. The maximum atomic E-state index is 11.5. The predicted molar refractivity (Wildman–Crippen MR) is 65.8 cm³/mol. The Hall–Kier alpha value is -1.53.